The molecule has 0 heterocycles. The van der Waals surface area contributed by atoms with E-state index >= 15 is 0 Å². The lowest BCUT2D eigenvalue weighted by atomic mass is 9.62. The summed E-state index contributed by atoms with van der Waals surface area (Å²) in [5, 5.41) is 0. The van der Waals surface area contributed by atoms with Crippen LogP contribution >= 0.6 is 0 Å². The van der Waals surface area contributed by atoms with Gasteiger partial charge in [0.15, 0.2) is 0 Å². The lowest BCUT2D eigenvalue weighted by Crippen LogP contribution is -2.31. The average Bonchev–Trinajstić information content (AvgIpc) is 2.32. The third kappa shape index (κ3) is 4.11. The third-order valence-corrected chi connectivity index (χ3v) is 4.82. The van der Waals surface area contributed by atoms with Crippen molar-refractivity contribution in [2.75, 3.05) is 0 Å². The highest BCUT2D eigenvalue weighted by molar-refractivity contribution is 5.38. The summed E-state index contributed by atoms with van der Waals surface area (Å²) in [6.07, 6.45) is 14.2. The van der Waals surface area contributed by atoms with Crippen molar-refractivity contribution in [1.29, 1.82) is 0 Å². The van der Waals surface area contributed by atoms with Crippen LogP contribution in [0.5, 0.6) is 0 Å². The van der Waals surface area contributed by atoms with Gasteiger partial charge >= 0.3 is 0 Å². The maximum Gasteiger partial charge on any atom is -0.00702 e. The summed E-state index contributed by atoms with van der Waals surface area (Å²) in [5.41, 5.74) is 3.85. The van der Waals surface area contributed by atoms with Crippen molar-refractivity contribution in [3.8, 4) is 0 Å². The fraction of sp³-hybridized carbons (Fsp3) is 0.700. The lowest BCUT2D eigenvalue weighted by molar-refractivity contribution is 0.162. The highest BCUT2D eigenvalue weighted by Gasteiger charge is 2.37. The lowest BCUT2D eigenvalue weighted by Gasteiger charge is -2.43. The van der Waals surface area contributed by atoms with E-state index < -0.39 is 0 Å². The van der Waals surface area contributed by atoms with Crippen LogP contribution in [0.15, 0.2) is 35.5 Å². The van der Waals surface area contributed by atoms with Crippen LogP contribution < -0.4 is 0 Å². The molecule has 114 valence electrons. The third-order valence-electron chi connectivity index (χ3n) is 4.82. The van der Waals surface area contributed by atoms with E-state index in [1.807, 2.05) is 0 Å². The van der Waals surface area contributed by atoms with Crippen molar-refractivity contribution >= 4 is 0 Å². The highest BCUT2D eigenvalue weighted by atomic mass is 14.4. The minimum Gasteiger partial charge on any atom is -0.0874 e. The standard InChI is InChI=1S/C20H34/c1-8-11-17-13-16(4)14-19(5,6)15-20(7,10-3)18(17)12-9-2/h8-9,11-12,16H,10,13-15H2,1-7H3. The van der Waals surface area contributed by atoms with Crippen LogP contribution in [0.4, 0.5) is 0 Å². The molecule has 0 saturated heterocycles. The zero-order chi connectivity index (χ0) is 15.4. The monoisotopic (exact) mass is 274 g/mol. The van der Waals surface area contributed by atoms with Crippen LogP contribution in [0, 0.1) is 16.7 Å². The number of hydrogen-bond donors (Lipinski definition) is 0. The Morgan fingerprint density at radius 3 is 2.20 bits per heavy atom. The van der Waals surface area contributed by atoms with Crippen molar-refractivity contribution in [2.24, 2.45) is 16.7 Å². The van der Waals surface area contributed by atoms with E-state index in [0.717, 1.165) is 5.92 Å². The largest absolute Gasteiger partial charge is 0.0874 e. The van der Waals surface area contributed by atoms with Crippen LogP contribution in [0.1, 0.15) is 74.1 Å². The summed E-state index contributed by atoms with van der Waals surface area (Å²) in [4.78, 5) is 0. The van der Waals surface area contributed by atoms with E-state index in [1.165, 1.54) is 25.7 Å². The fourth-order valence-electron chi connectivity index (χ4n) is 4.26. The maximum absolute atomic E-state index is 2.46. The smallest absolute Gasteiger partial charge is 0.00702 e. The first-order valence-corrected chi connectivity index (χ1v) is 8.27. The molecule has 0 bridgehead atoms. The van der Waals surface area contributed by atoms with E-state index in [0.29, 0.717) is 10.8 Å². The molecule has 1 aliphatic rings. The molecular weight excluding hydrogens is 240 g/mol. The van der Waals surface area contributed by atoms with Gasteiger partial charge in [0.1, 0.15) is 0 Å². The minimum absolute atomic E-state index is 0.297. The molecule has 0 heteroatoms. The van der Waals surface area contributed by atoms with Crippen LogP contribution in [0.25, 0.3) is 0 Å². The van der Waals surface area contributed by atoms with Crippen molar-refractivity contribution in [2.45, 2.75) is 74.1 Å². The van der Waals surface area contributed by atoms with Gasteiger partial charge in [-0.1, -0.05) is 58.9 Å². The second-order valence-corrected chi connectivity index (χ2v) is 7.71. The van der Waals surface area contributed by atoms with Gasteiger partial charge in [0.2, 0.25) is 0 Å². The summed E-state index contributed by atoms with van der Waals surface area (Å²) in [6, 6.07) is 0. The molecule has 2 unspecified atom stereocenters. The average molecular weight is 274 g/mol. The molecule has 0 spiro atoms. The molecular formula is C20H34. The molecule has 0 radical (unpaired) electrons. The van der Waals surface area contributed by atoms with Gasteiger partial charge in [0.25, 0.3) is 0 Å². The molecule has 1 rings (SSSR count). The van der Waals surface area contributed by atoms with Crippen molar-refractivity contribution in [1.82, 2.24) is 0 Å². The second kappa shape index (κ2) is 6.78. The second-order valence-electron chi connectivity index (χ2n) is 7.71. The Balaban J connectivity index is 3.44. The Morgan fingerprint density at radius 1 is 1.10 bits per heavy atom. The summed E-state index contributed by atoms with van der Waals surface area (Å²) in [6.45, 7) is 16.4. The van der Waals surface area contributed by atoms with Crippen LogP contribution in [0.3, 0.4) is 0 Å². The molecule has 0 amide bonds. The van der Waals surface area contributed by atoms with Gasteiger partial charge < -0.3 is 0 Å². The van der Waals surface area contributed by atoms with E-state index in [4.69, 9.17) is 0 Å². The first-order valence-electron chi connectivity index (χ1n) is 8.27. The number of hydrogen-bond acceptors (Lipinski definition) is 0. The quantitative estimate of drug-likeness (QED) is 0.537. The summed E-state index contributed by atoms with van der Waals surface area (Å²) < 4.78 is 0. The molecule has 2 atom stereocenters. The van der Waals surface area contributed by atoms with Crippen LogP contribution in [0.2, 0.25) is 0 Å². The Labute approximate surface area is 127 Å². The van der Waals surface area contributed by atoms with Crippen LogP contribution in [-0.2, 0) is 0 Å². The Kier molecular flexibility index (Phi) is 5.86. The summed E-state index contributed by atoms with van der Waals surface area (Å²) >= 11 is 0. The topological polar surface area (TPSA) is 0 Å². The predicted molar refractivity (Wildman–Crippen MR) is 91.8 cm³/mol. The Morgan fingerprint density at radius 2 is 1.70 bits per heavy atom. The van der Waals surface area contributed by atoms with Crippen molar-refractivity contribution in [3.05, 3.63) is 35.5 Å². The van der Waals surface area contributed by atoms with Gasteiger partial charge in [-0.2, -0.15) is 0 Å². The molecule has 0 N–H and O–H groups in total. The molecule has 0 aromatic heterocycles. The number of allylic oxidation sites excluding steroid dienone is 6. The number of rotatable bonds is 3. The zero-order valence-electron chi connectivity index (χ0n) is 14.7. The van der Waals surface area contributed by atoms with Gasteiger partial charge in [-0.15, -0.1) is 0 Å². The fourth-order valence-corrected chi connectivity index (χ4v) is 4.26. The van der Waals surface area contributed by atoms with E-state index in [2.05, 4.69) is 72.8 Å². The Bertz CT molecular complexity index is 406. The Hall–Kier alpha value is -0.780. The van der Waals surface area contributed by atoms with Gasteiger partial charge in [0, 0.05) is 0 Å². The summed E-state index contributed by atoms with van der Waals surface area (Å²) in [7, 11) is 0. The zero-order valence-corrected chi connectivity index (χ0v) is 14.7. The van der Waals surface area contributed by atoms with Crippen LogP contribution in [-0.4, -0.2) is 0 Å². The van der Waals surface area contributed by atoms with E-state index in [9.17, 15) is 0 Å². The maximum atomic E-state index is 2.46. The molecule has 0 saturated carbocycles. The molecule has 0 aliphatic heterocycles. The first-order chi connectivity index (χ1) is 9.28. The van der Waals surface area contributed by atoms with Gasteiger partial charge in [0.05, 0.1) is 0 Å². The summed E-state index contributed by atoms with van der Waals surface area (Å²) in [5.74, 6) is 0.762. The SMILES string of the molecule is CC=CC1=C(C=CC)C(C)(CC)CC(C)(C)CC(C)C1. The van der Waals surface area contributed by atoms with E-state index in [1.54, 1.807) is 11.1 Å². The molecule has 20 heavy (non-hydrogen) atoms. The molecule has 0 aromatic carbocycles. The predicted octanol–water partition coefficient (Wildman–Crippen LogP) is 6.70. The van der Waals surface area contributed by atoms with Crippen molar-refractivity contribution < 1.29 is 0 Å². The molecule has 0 nitrogen and oxygen atoms in total. The van der Waals surface area contributed by atoms with Gasteiger partial charge in [-0.25, -0.2) is 0 Å². The van der Waals surface area contributed by atoms with E-state index in [-0.39, 0.29) is 0 Å². The van der Waals surface area contributed by atoms with Crippen molar-refractivity contribution in [3.63, 3.8) is 0 Å². The van der Waals surface area contributed by atoms with Gasteiger partial charge in [-0.3, -0.25) is 0 Å². The molecule has 0 fully saturated rings. The minimum atomic E-state index is 0.297. The first kappa shape index (κ1) is 17.3. The molecule has 0 aromatic rings. The van der Waals surface area contributed by atoms with Gasteiger partial charge in [-0.05, 0) is 67.4 Å². The molecule has 1 aliphatic carbocycles. The highest BCUT2D eigenvalue weighted by Crippen LogP contribution is 2.49. The normalized spacial score (nSPS) is 31.9.